The molecule has 94 valence electrons. The number of nitrogens with two attached hydrogens (primary N) is 1. The molecule has 0 aliphatic carbocycles. The highest BCUT2D eigenvalue weighted by Gasteiger charge is 2.15. The Morgan fingerprint density at radius 3 is 2.41 bits per heavy atom. The summed E-state index contributed by atoms with van der Waals surface area (Å²) < 4.78 is 0. The van der Waals surface area contributed by atoms with Crippen LogP contribution in [0.2, 0.25) is 10.3 Å². The minimum absolute atomic E-state index is 0.116. The van der Waals surface area contributed by atoms with Gasteiger partial charge in [-0.25, -0.2) is 9.97 Å². The SMILES string of the molecule is CC(C)(N)CCC(=O)Nc1c(Cl)ncnc1Cl. The molecule has 1 rings (SSSR count). The highest BCUT2D eigenvalue weighted by Crippen LogP contribution is 2.25. The Morgan fingerprint density at radius 1 is 1.41 bits per heavy atom. The lowest BCUT2D eigenvalue weighted by atomic mass is 10.00. The third kappa shape index (κ3) is 4.85. The lowest BCUT2D eigenvalue weighted by molar-refractivity contribution is -0.116. The van der Waals surface area contributed by atoms with Crippen molar-refractivity contribution in [2.75, 3.05) is 5.32 Å². The first-order chi connectivity index (χ1) is 7.79. The van der Waals surface area contributed by atoms with Gasteiger partial charge < -0.3 is 11.1 Å². The van der Waals surface area contributed by atoms with E-state index < -0.39 is 5.54 Å². The molecule has 1 aromatic heterocycles. The monoisotopic (exact) mass is 276 g/mol. The molecule has 1 amide bonds. The molecule has 5 nitrogen and oxygen atoms in total. The van der Waals surface area contributed by atoms with Gasteiger partial charge in [0.05, 0.1) is 0 Å². The number of nitrogens with one attached hydrogen (secondary N) is 1. The molecule has 7 heteroatoms. The maximum Gasteiger partial charge on any atom is 0.224 e. The number of rotatable bonds is 4. The van der Waals surface area contributed by atoms with Crippen LogP contribution in [0.1, 0.15) is 26.7 Å². The van der Waals surface area contributed by atoms with E-state index in [9.17, 15) is 4.79 Å². The summed E-state index contributed by atoms with van der Waals surface area (Å²) in [7, 11) is 0. The van der Waals surface area contributed by atoms with Crippen molar-refractivity contribution in [2.24, 2.45) is 5.73 Å². The molecular weight excluding hydrogens is 263 g/mol. The fraction of sp³-hybridized carbons (Fsp3) is 0.500. The van der Waals surface area contributed by atoms with E-state index in [1.165, 1.54) is 6.33 Å². The zero-order chi connectivity index (χ0) is 13.1. The fourth-order valence-corrected chi connectivity index (χ4v) is 1.49. The lowest BCUT2D eigenvalue weighted by Crippen LogP contribution is -2.33. The molecule has 0 aliphatic heterocycles. The Labute approximate surface area is 110 Å². The Morgan fingerprint density at radius 2 is 1.94 bits per heavy atom. The van der Waals surface area contributed by atoms with Gasteiger partial charge in [0, 0.05) is 12.0 Å². The summed E-state index contributed by atoms with van der Waals surface area (Å²) in [6, 6.07) is 0. The van der Waals surface area contributed by atoms with E-state index in [0.29, 0.717) is 6.42 Å². The maximum atomic E-state index is 11.6. The number of anilines is 1. The summed E-state index contributed by atoms with van der Waals surface area (Å²) >= 11 is 11.6. The number of carbonyl (C=O) groups is 1. The van der Waals surface area contributed by atoms with Crippen molar-refractivity contribution in [3.8, 4) is 0 Å². The molecule has 0 aliphatic rings. The number of amides is 1. The second-order valence-corrected chi connectivity index (χ2v) is 5.08. The van der Waals surface area contributed by atoms with Gasteiger partial charge in [0.1, 0.15) is 12.0 Å². The first-order valence-electron chi connectivity index (χ1n) is 5.04. The van der Waals surface area contributed by atoms with E-state index in [1.807, 2.05) is 13.8 Å². The number of hydrogen-bond acceptors (Lipinski definition) is 4. The zero-order valence-electron chi connectivity index (χ0n) is 9.63. The second-order valence-electron chi connectivity index (χ2n) is 4.37. The van der Waals surface area contributed by atoms with Crippen LogP contribution in [-0.2, 0) is 4.79 Å². The summed E-state index contributed by atoms with van der Waals surface area (Å²) in [5.41, 5.74) is 5.62. The van der Waals surface area contributed by atoms with E-state index in [1.54, 1.807) is 0 Å². The fourth-order valence-electron chi connectivity index (χ4n) is 1.09. The molecule has 0 unspecified atom stereocenters. The average molecular weight is 277 g/mol. The van der Waals surface area contributed by atoms with Crippen molar-refractivity contribution in [1.82, 2.24) is 9.97 Å². The highest BCUT2D eigenvalue weighted by molar-refractivity contribution is 6.38. The predicted molar refractivity (Wildman–Crippen MR) is 68.2 cm³/mol. The predicted octanol–water partition coefficient (Wildman–Crippen LogP) is 2.24. The Hall–Kier alpha value is -0.910. The van der Waals surface area contributed by atoms with Crippen LogP contribution < -0.4 is 11.1 Å². The summed E-state index contributed by atoms with van der Waals surface area (Å²) in [5.74, 6) is -0.220. The molecule has 0 saturated heterocycles. The van der Waals surface area contributed by atoms with Crippen LogP contribution in [0.3, 0.4) is 0 Å². The summed E-state index contributed by atoms with van der Waals surface area (Å²) in [4.78, 5) is 19.1. The average Bonchev–Trinajstić information content (AvgIpc) is 2.20. The van der Waals surface area contributed by atoms with Crippen LogP contribution in [-0.4, -0.2) is 21.4 Å². The van der Waals surface area contributed by atoms with Gasteiger partial charge in [-0.2, -0.15) is 0 Å². The van der Waals surface area contributed by atoms with Crippen LogP contribution in [0.25, 0.3) is 0 Å². The minimum Gasteiger partial charge on any atom is -0.326 e. The van der Waals surface area contributed by atoms with Gasteiger partial charge in [0.2, 0.25) is 5.91 Å². The summed E-state index contributed by atoms with van der Waals surface area (Å²) in [6.07, 6.45) is 2.07. The van der Waals surface area contributed by atoms with E-state index in [0.717, 1.165) is 0 Å². The number of hydrogen-bond donors (Lipinski definition) is 2. The molecule has 0 spiro atoms. The van der Waals surface area contributed by atoms with E-state index in [-0.39, 0.29) is 28.3 Å². The standard InChI is InChI=1S/C10H14Cl2N4O/c1-10(2,13)4-3-6(17)16-7-8(11)14-5-15-9(7)12/h5H,3-4,13H2,1-2H3,(H,16,17). The van der Waals surface area contributed by atoms with Gasteiger partial charge >= 0.3 is 0 Å². The molecule has 1 heterocycles. The van der Waals surface area contributed by atoms with Gasteiger partial charge in [-0.3, -0.25) is 4.79 Å². The van der Waals surface area contributed by atoms with Crippen molar-refractivity contribution in [1.29, 1.82) is 0 Å². The zero-order valence-corrected chi connectivity index (χ0v) is 11.1. The van der Waals surface area contributed by atoms with Gasteiger partial charge in [0.25, 0.3) is 0 Å². The second kappa shape index (κ2) is 5.62. The molecule has 0 aromatic carbocycles. The van der Waals surface area contributed by atoms with E-state index >= 15 is 0 Å². The van der Waals surface area contributed by atoms with E-state index in [4.69, 9.17) is 28.9 Å². The molecular formula is C10H14Cl2N4O. The minimum atomic E-state index is -0.391. The van der Waals surface area contributed by atoms with Crippen LogP contribution in [0, 0.1) is 0 Å². The van der Waals surface area contributed by atoms with Crippen LogP contribution in [0.5, 0.6) is 0 Å². The maximum absolute atomic E-state index is 11.6. The van der Waals surface area contributed by atoms with Gasteiger partial charge in [-0.15, -0.1) is 0 Å². The number of aromatic nitrogens is 2. The van der Waals surface area contributed by atoms with Crippen LogP contribution in [0.4, 0.5) is 5.69 Å². The summed E-state index contributed by atoms with van der Waals surface area (Å²) in [5, 5.41) is 2.80. The molecule has 3 N–H and O–H groups in total. The summed E-state index contributed by atoms with van der Waals surface area (Å²) in [6.45, 7) is 3.71. The molecule has 1 aromatic rings. The van der Waals surface area contributed by atoms with Crippen molar-refractivity contribution in [3.63, 3.8) is 0 Å². The largest absolute Gasteiger partial charge is 0.326 e. The van der Waals surface area contributed by atoms with Gasteiger partial charge in [-0.1, -0.05) is 23.2 Å². The Balaban J connectivity index is 2.63. The van der Waals surface area contributed by atoms with Crippen molar-refractivity contribution >= 4 is 34.8 Å². The first-order valence-corrected chi connectivity index (χ1v) is 5.80. The first kappa shape index (κ1) is 14.2. The topological polar surface area (TPSA) is 80.9 Å². The smallest absolute Gasteiger partial charge is 0.224 e. The quantitative estimate of drug-likeness (QED) is 0.827. The Kier molecular flexibility index (Phi) is 4.68. The third-order valence-electron chi connectivity index (χ3n) is 2.02. The van der Waals surface area contributed by atoms with Crippen molar-refractivity contribution in [3.05, 3.63) is 16.6 Å². The Bertz CT molecular complexity index is 397. The molecule has 0 bridgehead atoms. The highest BCUT2D eigenvalue weighted by atomic mass is 35.5. The molecule has 0 atom stereocenters. The normalized spacial score (nSPS) is 11.4. The van der Waals surface area contributed by atoms with Crippen molar-refractivity contribution in [2.45, 2.75) is 32.2 Å². The number of halogens is 2. The van der Waals surface area contributed by atoms with Crippen LogP contribution in [0.15, 0.2) is 6.33 Å². The molecule has 0 fully saturated rings. The lowest BCUT2D eigenvalue weighted by Gasteiger charge is -2.17. The molecule has 17 heavy (non-hydrogen) atoms. The van der Waals surface area contributed by atoms with Gasteiger partial charge in [0.15, 0.2) is 10.3 Å². The number of carbonyl (C=O) groups excluding carboxylic acids is 1. The molecule has 0 saturated carbocycles. The third-order valence-corrected chi connectivity index (χ3v) is 2.59. The number of nitrogens with zero attached hydrogens (tertiary/aromatic N) is 2. The van der Waals surface area contributed by atoms with Gasteiger partial charge in [-0.05, 0) is 20.3 Å². The molecule has 0 radical (unpaired) electrons. The van der Waals surface area contributed by atoms with Crippen LogP contribution >= 0.6 is 23.2 Å². The van der Waals surface area contributed by atoms with E-state index in [2.05, 4.69) is 15.3 Å². The van der Waals surface area contributed by atoms with Crippen molar-refractivity contribution < 1.29 is 4.79 Å².